The van der Waals surface area contributed by atoms with Crippen LogP contribution in [0, 0.1) is 17.7 Å². The molecule has 0 radical (unpaired) electrons. The molecule has 0 bridgehead atoms. The maximum Gasteiger partial charge on any atom is 0.265 e. The molecule has 27 heavy (non-hydrogen) atoms. The largest absolute Gasteiger partial charge is 0.402 e. The molecule has 2 aliphatic rings. The van der Waals surface area contributed by atoms with Gasteiger partial charge in [0.05, 0.1) is 5.69 Å². The van der Waals surface area contributed by atoms with E-state index in [4.69, 9.17) is 16.6 Å². The Kier molecular flexibility index (Phi) is 5.86. The number of nitrogens with one attached hydrogen (secondary N) is 1. The Labute approximate surface area is 162 Å². The molecule has 0 heterocycles. The number of carbonyl (C=O) groups is 1. The van der Waals surface area contributed by atoms with Crippen molar-refractivity contribution in [2.24, 2.45) is 33.4 Å². The van der Waals surface area contributed by atoms with Gasteiger partial charge >= 0.3 is 0 Å². The number of allylic oxidation sites excluding steroid dienone is 3. The van der Waals surface area contributed by atoms with E-state index in [-0.39, 0.29) is 10.6 Å². The molecule has 0 atom stereocenters. The monoisotopic (exact) mass is 389 g/mol. The molecule has 2 saturated carbocycles. The van der Waals surface area contributed by atoms with E-state index >= 15 is 0 Å². The van der Waals surface area contributed by atoms with Crippen molar-refractivity contribution in [1.29, 1.82) is 0 Å². The van der Waals surface area contributed by atoms with Crippen molar-refractivity contribution in [2.45, 2.75) is 32.6 Å². The summed E-state index contributed by atoms with van der Waals surface area (Å²) in [6.45, 7) is 1.58. The van der Waals surface area contributed by atoms with Crippen molar-refractivity contribution in [3.63, 3.8) is 0 Å². The number of carbonyl (C=O) groups excluding carboxylic acids is 1. The zero-order chi connectivity index (χ0) is 19.6. The minimum absolute atomic E-state index is 0.189. The van der Waals surface area contributed by atoms with Crippen molar-refractivity contribution in [1.82, 2.24) is 0 Å². The van der Waals surface area contributed by atoms with Gasteiger partial charge in [0.25, 0.3) is 5.91 Å². The van der Waals surface area contributed by atoms with Gasteiger partial charge in [-0.2, -0.15) is 0 Å². The average molecular weight is 390 g/mol. The number of amides is 1. The molecule has 1 aromatic rings. The lowest BCUT2D eigenvalue weighted by atomic mass is 10.1. The van der Waals surface area contributed by atoms with E-state index in [2.05, 4.69) is 10.3 Å². The van der Waals surface area contributed by atoms with Gasteiger partial charge in [0.2, 0.25) is 0 Å². The molecule has 1 amide bonds. The van der Waals surface area contributed by atoms with E-state index < -0.39 is 11.7 Å². The fraction of sp³-hybridized carbons (Fsp3) is 0.368. The first-order chi connectivity index (χ1) is 12.9. The van der Waals surface area contributed by atoms with Gasteiger partial charge in [-0.15, -0.1) is 0 Å². The highest BCUT2D eigenvalue weighted by Gasteiger charge is 2.29. The Morgan fingerprint density at radius 1 is 1.26 bits per heavy atom. The number of nitrogens with zero attached hydrogens (tertiary/aromatic N) is 1. The molecule has 0 aromatic heterocycles. The predicted molar refractivity (Wildman–Crippen MR) is 109 cm³/mol. The van der Waals surface area contributed by atoms with E-state index in [1.807, 2.05) is 6.08 Å². The number of aliphatic imine (C=N–C) groups is 1. The van der Waals surface area contributed by atoms with Crippen molar-refractivity contribution >= 4 is 34.9 Å². The fourth-order valence-corrected chi connectivity index (χ4v) is 3.00. The minimum atomic E-state index is -0.514. The Bertz CT molecular complexity index is 837. The van der Waals surface area contributed by atoms with Gasteiger partial charge in [-0.05, 0) is 74.7 Å². The zero-order valence-corrected chi connectivity index (χ0v) is 16.0. The Morgan fingerprint density at radius 3 is 2.44 bits per heavy atom. The molecule has 0 saturated heterocycles. The highest BCUT2D eigenvalue weighted by molar-refractivity contribution is 8.01. The topological polar surface area (TPSA) is 120 Å². The first-order valence-corrected chi connectivity index (χ1v) is 9.76. The summed E-state index contributed by atoms with van der Waals surface area (Å²) in [6, 6.07) is 4.38. The number of rotatable bonds is 7. The maximum atomic E-state index is 14.5. The van der Waals surface area contributed by atoms with Crippen LogP contribution in [0.5, 0.6) is 0 Å². The van der Waals surface area contributed by atoms with Crippen LogP contribution in [0.25, 0.3) is 0 Å². The lowest BCUT2D eigenvalue weighted by molar-refractivity contribution is -0.112. The van der Waals surface area contributed by atoms with E-state index in [0.29, 0.717) is 23.2 Å². The summed E-state index contributed by atoms with van der Waals surface area (Å²) < 4.78 is 14.5. The van der Waals surface area contributed by atoms with Crippen LogP contribution in [-0.2, 0) is 4.79 Å². The molecule has 3 rings (SSSR count). The van der Waals surface area contributed by atoms with Crippen molar-refractivity contribution in [3.8, 4) is 0 Å². The van der Waals surface area contributed by atoms with Gasteiger partial charge in [-0.3, -0.25) is 14.9 Å². The Hall–Kier alpha value is -2.32. The second kappa shape index (κ2) is 8.14. The first kappa shape index (κ1) is 19.4. The number of nitrogens with two attached hydrogens (primary N) is 3. The third-order valence-corrected chi connectivity index (χ3v) is 5.24. The quantitative estimate of drug-likeness (QED) is 0.324. The normalized spacial score (nSPS) is 18.9. The van der Waals surface area contributed by atoms with E-state index in [0.717, 1.165) is 49.0 Å². The molecule has 6 nitrogen and oxygen atoms in total. The molecule has 0 unspecified atom stereocenters. The summed E-state index contributed by atoms with van der Waals surface area (Å²) >= 11 is 0.753. The Balaban J connectivity index is 1.79. The van der Waals surface area contributed by atoms with Crippen molar-refractivity contribution < 1.29 is 9.18 Å². The highest BCUT2D eigenvalue weighted by atomic mass is 32.2. The lowest BCUT2D eigenvalue weighted by Crippen LogP contribution is -2.17. The smallest absolute Gasteiger partial charge is 0.265 e. The SMILES string of the molecule is C/C(N)=C(/SN)C(=O)Nc1ccc(N=C(C=C(N)C2CC2)C2CC2)c(F)c1. The summed E-state index contributed by atoms with van der Waals surface area (Å²) in [7, 11) is 0. The third-order valence-electron chi connectivity index (χ3n) is 4.50. The molecule has 1 aromatic carbocycles. The number of hydrogen-bond donors (Lipinski definition) is 4. The second-order valence-corrected chi connectivity index (χ2v) is 7.62. The molecule has 8 heteroatoms. The molecule has 144 valence electrons. The Morgan fingerprint density at radius 2 is 1.93 bits per heavy atom. The van der Waals surface area contributed by atoms with Crippen LogP contribution in [0.2, 0.25) is 0 Å². The lowest BCUT2D eigenvalue weighted by Gasteiger charge is -2.09. The molecular weight excluding hydrogens is 365 g/mol. The third kappa shape index (κ3) is 5.11. The van der Waals surface area contributed by atoms with Gasteiger partial charge in [-0.25, -0.2) is 4.39 Å². The van der Waals surface area contributed by atoms with Crippen LogP contribution >= 0.6 is 11.9 Å². The molecule has 7 N–H and O–H groups in total. The number of anilines is 1. The maximum absolute atomic E-state index is 14.5. The van der Waals surface area contributed by atoms with Crippen LogP contribution in [0.1, 0.15) is 32.6 Å². The molecule has 2 aliphatic carbocycles. The summed E-state index contributed by atoms with van der Waals surface area (Å²) in [6.07, 6.45) is 6.23. The van der Waals surface area contributed by atoms with Crippen LogP contribution in [-0.4, -0.2) is 11.6 Å². The summed E-state index contributed by atoms with van der Waals surface area (Å²) in [5.74, 6) is -0.190. The number of benzene rings is 1. The summed E-state index contributed by atoms with van der Waals surface area (Å²) in [4.78, 5) is 16.8. The number of hydrogen-bond acceptors (Lipinski definition) is 6. The minimum Gasteiger partial charge on any atom is -0.402 e. The van der Waals surface area contributed by atoms with Crippen LogP contribution in [0.4, 0.5) is 15.8 Å². The van der Waals surface area contributed by atoms with E-state index in [1.165, 1.54) is 6.07 Å². The van der Waals surface area contributed by atoms with Gasteiger partial charge in [0.1, 0.15) is 4.91 Å². The van der Waals surface area contributed by atoms with Crippen LogP contribution < -0.4 is 21.9 Å². The highest BCUT2D eigenvalue weighted by Crippen LogP contribution is 2.37. The van der Waals surface area contributed by atoms with Crippen molar-refractivity contribution in [3.05, 3.63) is 46.4 Å². The van der Waals surface area contributed by atoms with Crippen LogP contribution in [0.15, 0.2) is 45.6 Å². The molecule has 2 fully saturated rings. The van der Waals surface area contributed by atoms with Gasteiger partial charge in [-0.1, -0.05) is 0 Å². The summed E-state index contributed by atoms with van der Waals surface area (Å²) in [5.41, 5.74) is 14.2. The van der Waals surface area contributed by atoms with Crippen molar-refractivity contribution in [2.75, 3.05) is 5.32 Å². The fourth-order valence-electron chi connectivity index (χ4n) is 2.65. The standard InChI is InChI=1S/C19H24FN5OS/c1-10(21)18(27-23)19(26)24-13-6-7-16(14(20)8-13)25-17(12-4-5-12)9-15(22)11-2-3-11/h6-9,11-12H,2-5,21-23H2,1H3,(H,24,26)/b15-9?,18-10-,25-17?. The van der Waals surface area contributed by atoms with Gasteiger partial charge in [0.15, 0.2) is 5.82 Å². The number of halogens is 1. The molecule has 0 aliphatic heterocycles. The molecule has 0 spiro atoms. The van der Waals surface area contributed by atoms with Gasteiger partial charge < -0.3 is 16.8 Å². The summed E-state index contributed by atoms with van der Waals surface area (Å²) in [5, 5.41) is 8.04. The predicted octanol–water partition coefficient (Wildman–Crippen LogP) is 3.30. The second-order valence-electron chi connectivity index (χ2n) is 6.98. The van der Waals surface area contributed by atoms with E-state index in [9.17, 15) is 9.18 Å². The van der Waals surface area contributed by atoms with E-state index in [1.54, 1.807) is 19.1 Å². The van der Waals surface area contributed by atoms with Crippen LogP contribution in [0.3, 0.4) is 0 Å². The first-order valence-electron chi connectivity index (χ1n) is 8.88. The van der Waals surface area contributed by atoms with Gasteiger partial charge in [0, 0.05) is 28.7 Å². The average Bonchev–Trinajstić information content (AvgIpc) is 3.48. The zero-order valence-electron chi connectivity index (χ0n) is 15.2. The molecular formula is C19H24FN5OS.